The molecule has 2 N–H and O–H groups in total. The number of hydrogen-bond acceptors (Lipinski definition) is 6. The zero-order valence-corrected chi connectivity index (χ0v) is 18.4. The number of rotatable bonds is 3. The standard InChI is InChI=1S/C26H25N3O3/c1-26(2)13-20-23(21(30)14-26)22(16-9-11-17(12-10-16)25(31)32-3)19(15-27)24(28)29(20)18-7-5-4-6-8-18/h4-12,22H,13-14,28H2,1-3H3. The van der Waals surface area contributed by atoms with Crippen LogP contribution in [-0.4, -0.2) is 18.9 Å². The highest BCUT2D eigenvalue weighted by Gasteiger charge is 2.44. The SMILES string of the molecule is COC(=O)c1ccc(C2C(C#N)=C(N)N(c3ccccc3)C3=C2C(=O)CC(C)(C)C3)cc1. The number of hydrogen-bond donors (Lipinski definition) is 1. The second-order valence-corrected chi connectivity index (χ2v) is 8.93. The van der Waals surface area contributed by atoms with Crippen molar-refractivity contribution < 1.29 is 14.3 Å². The molecule has 0 aromatic heterocycles. The van der Waals surface area contributed by atoms with Crippen molar-refractivity contribution in [3.63, 3.8) is 0 Å². The summed E-state index contributed by atoms with van der Waals surface area (Å²) >= 11 is 0. The fourth-order valence-corrected chi connectivity index (χ4v) is 4.64. The maximum Gasteiger partial charge on any atom is 0.337 e. The second-order valence-electron chi connectivity index (χ2n) is 8.93. The quantitative estimate of drug-likeness (QED) is 0.729. The van der Waals surface area contributed by atoms with E-state index in [1.54, 1.807) is 24.3 Å². The summed E-state index contributed by atoms with van der Waals surface area (Å²) in [7, 11) is 1.33. The first kappa shape index (κ1) is 21.4. The number of carbonyl (C=O) groups excluding carboxylic acids is 2. The number of esters is 1. The van der Waals surface area contributed by atoms with Gasteiger partial charge in [-0.1, -0.05) is 44.2 Å². The summed E-state index contributed by atoms with van der Waals surface area (Å²) in [4.78, 5) is 27.2. The third-order valence-electron chi connectivity index (χ3n) is 6.06. The van der Waals surface area contributed by atoms with Crippen molar-refractivity contribution in [3.8, 4) is 6.07 Å². The first-order valence-electron chi connectivity index (χ1n) is 10.5. The Hall–Kier alpha value is -3.85. The molecule has 2 aliphatic rings. The summed E-state index contributed by atoms with van der Waals surface area (Å²) in [5.41, 5.74) is 10.1. The van der Waals surface area contributed by atoms with E-state index in [-0.39, 0.29) is 11.2 Å². The predicted molar refractivity (Wildman–Crippen MR) is 121 cm³/mol. The van der Waals surface area contributed by atoms with E-state index in [1.165, 1.54) is 7.11 Å². The van der Waals surface area contributed by atoms with Crippen LogP contribution >= 0.6 is 0 Å². The maximum absolute atomic E-state index is 13.5. The Bertz CT molecular complexity index is 1190. The van der Waals surface area contributed by atoms with Crippen LogP contribution in [0.4, 0.5) is 5.69 Å². The zero-order chi connectivity index (χ0) is 23.0. The van der Waals surface area contributed by atoms with Crippen LogP contribution in [0.2, 0.25) is 0 Å². The number of nitrogens with zero attached hydrogens (tertiary/aromatic N) is 2. The number of nitriles is 1. The van der Waals surface area contributed by atoms with Crippen molar-refractivity contribution >= 4 is 17.4 Å². The molecule has 2 aromatic rings. The summed E-state index contributed by atoms with van der Waals surface area (Å²) in [5, 5.41) is 10.1. The Morgan fingerprint density at radius 2 is 1.78 bits per heavy atom. The molecule has 0 saturated heterocycles. The molecule has 0 saturated carbocycles. The number of ketones is 1. The third kappa shape index (κ3) is 3.56. The van der Waals surface area contributed by atoms with Gasteiger partial charge in [-0.2, -0.15) is 5.26 Å². The van der Waals surface area contributed by atoms with Crippen LogP contribution in [0.5, 0.6) is 0 Å². The molecule has 0 radical (unpaired) electrons. The summed E-state index contributed by atoms with van der Waals surface area (Å²) < 4.78 is 4.78. The van der Waals surface area contributed by atoms with Crippen LogP contribution in [0, 0.1) is 16.7 Å². The lowest BCUT2D eigenvalue weighted by atomic mass is 9.68. The number of Topliss-reactive ketones (excluding diaryl/α,β-unsaturated/α-hetero) is 1. The fraction of sp³-hybridized carbons (Fsp3) is 0.269. The molecule has 162 valence electrons. The van der Waals surface area contributed by atoms with Gasteiger partial charge < -0.3 is 10.5 Å². The highest BCUT2D eigenvalue weighted by atomic mass is 16.5. The van der Waals surface area contributed by atoms with Crippen LogP contribution < -0.4 is 10.6 Å². The van der Waals surface area contributed by atoms with Crippen molar-refractivity contribution in [2.45, 2.75) is 32.6 Å². The van der Waals surface area contributed by atoms with E-state index in [9.17, 15) is 14.9 Å². The Balaban J connectivity index is 1.93. The van der Waals surface area contributed by atoms with Gasteiger partial charge in [-0.05, 0) is 41.7 Å². The van der Waals surface area contributed by atoms with Gasteiger partial charge in [-0.25, -0.2) is 4.79 Å². The summed E-state index contributed by atoms with van der Waals surface area (Å²) in [6, 6.07) is 18.6. The number of allylic oxidation sites excluding steroid dienone is 3. The average molecular weight is 428 g/mol. The Labute approximate surface area is 187 Å². The molecule has 0 spiro atoms. The van der Waals surface area contributed by atoms with Gasteiger partial charge in [0.05, 0.1) is 30.2 Å². The van der Waals surface area contributed by atoms with Crippen LogP contribution in [0.1, 0.15) is 48.5 Å². The lowest BCUT2D eigenvalue weighted by Crippen LogP contribution is -2.42. The number of para-hydroxylation sites is 1. The van der Waals surface area contributed by atoms with Gasteiger partial charge >= 0.3 is 5.97 Å². The zero-order valence-electron chi connectivity index (χ0n) is 18.4. The monoisotopic (exact) mass is 427 g/mol. The minimum atomic E-state index is -0.578. The molecule has 0 fully saturated rings. The minimum absolute atomic E-state index is 0.0134. The Kier molecular flexibility index (Phi) is 5.35. The van der Waals surface area contributed by atoms with E-state index in [4.69, 9.17) is 10.5 Å². The van der Waals surface area contributed by atoms with Crippen LogP contribution in [0.25, 0.3) is 0 Å². The molecule has 0 bridgehead atoms. The van der Waals surface area contributed by atoms with Gasteiger partial charge in [0.15, 0.2) is 5.78 Å². The molecule has 6 heteroatoms. The maximum atomic E-state index is 13.5. The number of nitrogens with two attached hydrogens (primary N) is 1. The lowest BCUT2D eigenvalue weighted by Gasteiger charge is -2.43. The molecule has 6 nitrogen and oxygen atoms in total. The van der Waals surface area contributed by atoms with E-state index in [1.807, 2.05) is 35.2 Å². The predicted octanol–water partition coefficient (Wildman–Crippen LogP) is 4.41. The normalized spacial score (nSPS) is 20.0. The molecule has 2 aromatic carbocycles. The average Bonchev–Trinajstić information content (AvgIpc) is 2.77. The van der Waals surface area contributed by atoms with Crippen molar-refractivity contribution in [2.24, 2.45) is 11.1 Å². The number of ether oxygens (including phenoxy) is 1. The molecule has 1 unspecified atom stereocenters. The lowest BCUT2D eigenvalue weighted by molar-refractivity contribution is -0.118. The van der Waals surface area contributed by atoms with Gasteiger partial charge in [0.2, 0.25) is 0 Å². The largest absolute Gasteiger partial charge is 0.465 e. The van der Waals surface area contributed by atoms with E-state index in [2.05, 4.69) is 19.9 Å². The molecule has 1 heterocycles. The summed E-state index contributed by atoms with van der Waals surface area (Å²) in [5.74, 6) is -0.684. The molecular formula is C26H25N3O3. The smallest absolute Gasteiger partial charge is 0.337 e. The van der Waals surface area contributed by atoms with Crippen molar-refractivity contribution in [1.29, 1.82) is 5.26 Å². The van der Waals surface area contributed by atoms with Crippen LogP contribution in [0.3, 0.4) is 0 Å². The Morgan fingerprint density at radius 3 is 2.38 bits per heavy atom. The van der Waals surface area contributed by atoms with E-state index < -0.39 is 11.9 Å². The van der Waals surface area contributed by atoms with Gasteiger partial charge in [-0.3, -0.25) is 9.69 Å². The highest BCUT2D eigenvalue weighted by molar-refractivity contribution is 6.01. The van der Waals surface area contributed by atoms with Gasteiger partial charge in [-0.15, -0.1) is 0 Å². The van der Waals surface area contributed by atoms with E-state index in [0.717, 1.165) is 16.9 Å². The van der Waals surface area contributed by atoms with Gasteiger partial charge in [0, 0.05) is 23.4 Å². The van der Waals surface area contributed by atoms with Crippen molar-refractivity contribution in [1.82, 2.24) is 0 Å². The molecular weight excluding hydrogens is 402 g/mol. The van der Waals surface area contributed by atoms with E-state index in [0.29, 0.717) is 35.4 Å². The second kappa shape index (κ2) is 8.01. The topological polar surface area (TPSA) is 96.4 Å². The van der Waals surface area contributed by atoms with Gasteiger partial charge in [0.1, 0.15) is 5.82 Å². The first-order chi connectivity index (χ1) is 15.3. The number of anilines is 1. The van der Waals surface area contributed by atoms with E-state index >= 15 is 0 Å². The number of carbonyl (C=O) groups is 2. The van der Waals surface area contributed by atoms with Crippen molar-refractivity contribution in [2.75, 3.05) is 12.0 Å². The minimum Gasteiger partial charge on any atom is -0.465 e. The van der Waals surface area contributed by atoms with Crippen LogP contribution in [0.15, 0.2) is 77.3 Å². The molecule has 1 aliphatic heterocycles. The highest BCUT2D eigenvalue weighted by Crippen LogP contribution is 2.50. The Morgan fingerprint density at radius 1 is 1.12 bits per heavy atom. The van der Waals surface area contributed by atoms with Gasteiger partial charge in [0.25, 0.3) is 0 Å². The first-order valence-corrected chi connectivity index (χ1v) is 10.5. The molecule has 32 heavy (non-hydrogen) atoms. The molecule has 1 aliphatic carbocycles. The molecule has 1 atom stereocenters. The molecule has 4 rings (SSSR count). The molecule has 0 amide bonds. The van der Waals surface area contributed by atoms with Crippen molar-refractivity contribution in [3.05, 3.63) is 88.4 Å². The number of methoxy groups -OCH3 is 1. The van der Waals surface area contributed by atoms with Crippen LogP contribution in [-0.2, 0) is 9.53 Å². The summed E-state index contributed by atoms with van der Waals surface area (Å²) in [6.45, 7) is 4.13. The summed E-state index contributed by atoms with van der Waals surface area (Å²) in [6.07, 6.45) is 1.04. The third-order valence-corrected chi connectivity index (χ3v) is 6.06. The fourth-order valence-electron chi connectivity index (χ4n) is 4.64. The number of benzene rings is 2.